The van der Waals surface area contributed by atoms with Gasteiger partial charge in [0, 0.05) is 23.9 Å². The Hall–Kier alpha value is -0.780. The second-order valence-electron chi connectivity index (χ2n) is 4.43. The van der Waals surface area contributed by atoms with Gasteiger partial charge in [-0.2, -0.15) is 11.8 Å². The van der Waals surface area contributed by atoms with Crippen LogP contribution in [0, 0.1) is 16.0 Å². The number of nitro groups is 1. The van der Waals surface area contributed by atoms with Crippen LogP contribution >= 0.6 is 23.4 Å². The minimum absolute atomic E-state index is 0.0507. The van der Waals surface area contributed by atoms with E-state index in [4.69, 9.17) is 11.6 Å². The van der Waals surface area contributed by atoms with Crippen molar-refractivity contribution in [1.29, 1.82) is 0 Å². The topological polar surface area (TPSA) is 55.2 Å². The lowest BCUT2D eigenvalue weighted by molar-refractivity contribution is -0.384. The Balaban J connectivity index is 2.12. The first kappa shape index (κ1) is 13.6. The number of nitrogens with one attached hydrogen (secondary N) is 1. The van der Waals surface area contributed by atoms with E-state index in [0.29, 0.717) is 17.0 Å². The van der Waals surface area contributed by atoms with Gasteiger partial charge in [-0.05, 0) is 30.7 Å². The molecule has 0 aromatic heterocycles. The number of nitrogens with zero attached hydrogens (tertiary/aromatic N) is 1. The molecule has 1 N–H and O–H groups in total. The predicted octanol–water partition coefficient (Wildman–Crippen LogP) is 2.74. The summed E-state index contributed by atoms with van der Waals surface area (Å²) in [5.74, 6) is 2.77. The third-order valence-electron chi connectivity index (χ3n) is 3.30. The molecule has 1 aliphatic heterocycles. The molecule has 0 aliphatic carbocycles. The van der Waals surface area contributed by atoms with E-state index in [1.165, 1.54) is 12.1 Å². The van der Waals surface area contributed by atoms with E-state index in [1.807, 2.05) is 18.8 Å². The smallest absolute Gasteiger partial charge is 0.270 e. The van der Waals surface area contributed by atoms with Gasteiger partial charge in [0.05, 0.1) is 9.95 Å². The Labute approximate surface area is 115 Å². The van der Waals surface area contributed by atoms with Gasteiger partial charge in [0.25, 0.3) is 5.69 Å². The molecule has 0 spiro atoms. The van der Waals surface area contributed by atoms with Gasteiger partial charge < -0.3 is 5.32 Å². The van der Waals surface area contributed by atoms with E-state index < -0.39 is 4.92 Å². The summed E-state index contributed by atoms with van der Waals surface area (Å²) >= 11 is 8.05. The molecule has 2 rings (SSSR count). The quantitative estimate of drug-likeness (QED) is 0.683. The highest BCUT2D eigenvalue weighted by Crippen LogP contribution is 2.30. The summed E-state index contributed by atoms with van der Waals surface area (Å²) in [6.07, 6.45) is 0.870. The van der Waals surface area contributed by atoms with Crippen LogP contribution in [-0.4, -0.2) is 29.5 Å². The average Bonchev–Trinajstić information content (AvgIpc) is 2.78. The molecule has 2 atom stereocenters. The zero-order chi connectivity index (χ0) is 13.1. The number of benzene rings is 1. The van der Waals surface area contributed by atoms with Gasteiger partial charge >= 0.3 is 0 Å². The summed E-state index contributed by atoms with van der Waals surface area (Å²) in [5.41, 5.74) is 1.05. The van der Waals surface area contributed by atoms with Crippen molar-refractivity contribution in [3.63, 3.8) is 0 Å². The molecule has 0 saturated carbocycles. The molecule has 1 aromatic carbocycles. The Morgan fingerprint density at radius 2 is 2.33 bits per heavy atom. The number of hydrogen-bond donors (Lipinski definition) is 1. The maximum absolute atomic E-state index is 10.6. The lowest BCUT2D eigenvalue weighted by Gasteiger charge is -2.18. The lowest BCUT2D eigenvalue weighted by atomic mass is 9.95. The molecule has 4 nitrogen and oxygen atoms in total. The lowest BCUT2D eigenvalue weighted by Crippen LogP contribution is -2.33. The van der Waals surface area contributed by atoms with Crippen LogP contribution in [0.15, 0.2) is 18.2 Å². The van der Waals surface area contributed by atoms with Crippen LogP contribution < -0.4 is 5.32 Å². The molecule has 0 amide bonds. The number of hydrogen-bond acceptors (Lipinski definition) is 4. The highest BCUT2D eigenvalue weighted by Gasteiger charge is 2.27. The molecule has 6 heteroatoms. The van der Waals surface area contributed by atoms with Crippen molar-refractivity contribution in [3.8, 4) is 0 Å². The number of nitro benzene ring substituents is 1. The zero-order valence-corrected chi connectivity index (χ0v) is 11.6. The molecule has 0 bridgehead atoms. The first-order chi connectivity index (χ1) is 8.61. The molecule has 1 fully saturated rings. The number of halogens is 1. The summed E-state index contributed by atoms with van der Waals surface area (Å²) in [6.45, 7) is 0. The first-order valence-electron chi connectivity index (χ1n) is 5.79. The Bertz CT molecular complexity index is 456. The number of thioether (sulfide) groups is 1. The predicted molar refractivity (Wildman–Crippen MR) is 75.5 cm³/mol. The molecule has 1 heterocycles. The second kappa shape index (κ2) is 5.91. The zero-order valence-electron chi connectivity index (χ0n) is 10.1. The van der Waals surface area contributed by atoms with Crippen molar-refractivity contribution >= 4 is 29.1 Å². The van der Waals surface area contributed by atoms with Crippen LogP contribution in [0.3, 0.4) is 0 Å². The number of non-ortho nitro benzene ring substituents is 1. The summed E-state index contributed by atoms with van der Waals surface area (Å²) in [5, 5.41) is 14.4. The SMILES string of the molecule is CNC1CSCC1Cc1ccc([N+](=O)[O-])cc1Cl. The molecule has 1 aromatic rings. The third-order valence-corrected chi connectivity index (χ3v) is 4.91. The van der Waals surface area contributed by atoms with E-state index in [-0.39, 0.29) is 5.69 Å². The average molecular weight is 287 g/mol. The van der Waals surface area contributed by atoms with Crippen molar-refractivity contribution in [2.45, 2.75) is 12.5 Å². The monoisotopic (exact) mass is 286 g/mol. The Kier molecular flexibility index (Phi) is 4.48. The minimum Gasteiger partial charge on any atom is -0.316 e. The summed E-state index contributed by atoms with van der Waals surface area (Å²) in [7, 11) is 1.97. The van der Waals surface area contributed by atoms with Gasteiger partial charge in [-0.1, -0.05) is 17.7 Å². The molecule has 18 heavy (non-hydrogen) atoms. The van der Waals surface area contributed by atoms with Crippen molar-refractivity contribution < 1.29 is 4.92 Å². The Morgan fingerprint density at radius 3 is 2.94 bits per heavy atom. The fourth-order valence-electron chi connectivity index (χ4n) is 2.22. The Morgan fingerprint density at radius 1 is 1.56 bits per heavy atom. The van der Waals surface area contributed by atoms with Crippen LogP contribution in [0.25, 0.3) is 0 Å². The van der Waals surface area contributed by atoms with Crippen LogP contribution in [0.5, 0.6) is 0 Å². The van der Waals surface area contributed by atoms with Gasteiger partial charge in [0.15, 0.2) is 0 Å². The van der Waals surface area contributed by atoms with Gasteiger partial charge in [0.2, 0.25) is 0 Å². The molecule has 1 saturated heterocycles. The number of rotatable bonds is 4. The maximum Gasteiger partial charge on any atom is 0.270 e. The largest absolute Gasteiger partial charge is 0.316 e. The van der Waals surface area contributed by atoms with E-state index in [9.17, 15) is 10.1 Å². The summed E-state index contributed by atoms with van der Waals surface area (Å²) in [4.78, 5) is 10.2. The second-order valence-corrected chi connectivity index (χ2v) is 5.91. The minimum atomic E-state index is -0.419. The van der Waals surface area contributed by atoms with E-state index in [1.54, 1.807) is 6.07 Å². The fraction of sp³-hybridized carbons (Fsp3) is 0.500. The van der Waals surface area contributed by atoms with Crippen LogP contribution in [0.4, 0.5) is 5.69 Å². The van der Waals surface area contributed by atoms with Crippen molar-refractivity contribution in [2.75, 3.05) is 18.6 Å². The fourth-order valence-corrected chi connectivity index (χ4v) is 3.95. The standard InChI is InChI=1S/C12H15ClN2O2S/c1-14-12-7-18-6-9(12)4-8-2-3-10(15(16)17)5-11(8)13/h2-3,5,9,12,14H,4,6-7H2,1H3. The van der Waals surface area contributed by atoms with Crippen molar-refractivity contribution in [2.24, 2.45) is 5.92 Å². The summed E-state index contributed by atoms with van der Waals surface area (Å²) in [6, 6.07) is 5.24. The molecular weight excluding hydrogens is 272 g/mol. The van der Waals surface area contributed by atoms with Gasteiger partial charge in [0.1, 0.15) is 0 Å². The first-order valence-corrected chi connectivity index (χ1v) is 7.33. The maximum atomic E-state index is 10.6. The van der Waals surface area contributed by atoms with Crippen molar-refractivity contribution in [1.82, 2.24) is 5.32 Å². The molecule has 0 radical (unpaired) electrons. The molecule has 2 unspecified atom stereocenters. The van der Waals surface area contributed by atoms with Gasteiger partial charge in [-0.25, -0.2) is 0 Å². The van der Waals surface area contributed by atoms with Gasteiger partial charge in [-0.3, -0.25) is 10.1 Å². The van der Waals surface area contributed by atoms with E-state index in [0.717, 1.165) is 23.5 Å². The van der Waals surface area contributed by atoms with Crippen molar-refractivity contribution in [3.05, 3.63) is 38.9 Å². The molecule has 1 aliphatic rings. The molecule has 98 valence electrons. The highest BCUT2D eigenvalue weighted by molar-refractivity contribution is 7.99. The van der Waals surface area contributed by atoms with Crippen LogP contribution in [-0.2, 0) is 6.42 Å². The molecular formula is C12H15ClN2O2S. The van der Waals surface area contributed by atoms with Crippen LogP contribution in [0.2, 0.25) is 5.02 Å². The highest BCUT2D eigenvalue weighted by atomic mass is 35.5. The normalized spacial score (nSPS) is 23.2. The third kappa shape index (κ3) is 2.96. The van der Waals surface area contributed by atoms with E-state index in [2.05, 4.69) is 5.32 Å². The summed E-state index contributed by atoms with van der Waals surface area (Å²) < 4.78 is 0. The van der Waals surface area contributed by atoms with Crippen LogP contribution in [0.1, 0.15) is 5.56 Å². The van der Waals surface area contributed by atoms with E-state index >= 15 is 0 Å². The van der Waals surface area contributed by atoms with Gasteiger partial charge in [-0.15, -0.1) is 0 Å².